The molecule has 3 rings (SSSR count). The van der Waals surface area contributed by atoms with Crippen molar-refractivity contribution in [2.75, 3.05) is 5.32 Å². The second-order valence-corrected chi connectivity index (χ2v) is 7.69. The van der Waals surface area contributed by atoms with Crippen molar-refractivity contribution < 1.29 is 26.3 Å². The van der Waals surface area contributed by atoms with E-state index in [0.29, 0.717) is 12.6 Å². The van der Waals surface area contributed by atoms with Gasteiger partial charge in [-0.1, -0.05) is 20.3 Å². The van der Waals surface area contributed by atoms with Gasteiger partial charge in [-0.2, -0.15) is 36.3 Å². The number of hydrogen-bond acceptors (Lipinski definition) is 6. The highest BCUT2D eigenvalue weighted by atomic mass is 19.4. The first-order valence-electron chi connectivity index (χ1n) is 9.93. The van der Waals surface area contributed by atoms with Crippen LogP contribution in [-0.2, 0) is 12.6 Å². The van der Waals surface area contributed by atoms with E-state index in [2.05, 4.69) is 37.2 Å². The molecule has 1 fully saturated rings. The number of alkyl halides is 6. The predicted molar refractivity (Wildman–Crippen MR) is 99.9 cm³/mol. The van der Waals surface area contributed by atoms with Gasteiger partial charge >= 0.3 is 12.4 Å². The van der Waals surface area contributed by atoms with Gasteiger partial charge in [0.2, 0.25) is 5.95 Å². The second-order valence-electron chi connectivity index (χ2n) is 7.69. The van der Waals surface area contributed by atoms with E-state index in [9.17, 15) is 26.3 Å². The summed E-state index contributed by atoms with van der Waals surface area (Å²) in [5.74, 6) is -0.419. The highest BCUT2D eigenvalue weighted by Crippen LogP contribution is 2.52. The number of anilines is 1. The molecule has 2 aromatic heterocycles. The highest BCUT2D eigenvalue weighted by Gasteiger charge is 2.41. The summed E-state index contributed by atoms with van der Waals surface area (Å²) in [4.78, 5) is 19.2. The van der Waals surface area contributed by atoms with Gasteiger partial charge in [-0.25, -0.2) is 9.97 Å². The maximum absolute atomic E-state index is 13.2. The zero-order chi connectivity index (χ0) is 22.9. The minimum Gasteiger partial charge on any atom is -0.342 e. The van der Waals surface area contributed by atoms with Crippen molar-refractivity contribution in [2.45, 2.75) is 70.8 Å². The van der Waals surface area contributed by atoms with E-state index >= 15 is 0 Å². The van der Waals surface area contributed by atoms with E-state index in [1.165, 1.54) is 6.92 Å². The molecular weight excluding hydrogens is 426 g/mol. The SMILES string of the molecule is CC[C@H](Nc1nc(CCC2(CC)CC2)nc(-c2cncc(C(F)(F)F)n2)n1)C(F)(F)F. The van der Waals surface area contributed by atoms with Gasteiger partial charge in [-0.15, -0.1) is 0 Å². The van der Waals surface area contributed by atoms with Crippen LogP contribution in [-0.4, -0.2) is 37.1 Å². The fraction of sp³-hybridized carbons (Fsp3) is 0.632. The molecule has 1 aliphatic rings. The number of aromatic nitrogens is 5. The third-order valence-electron chi connectivity index (χ3n) is 5.53. The quantitative estimate of drug-likeness (QED) is 0.558. The Morgan fingerprint density at radius 3 is 2.26 bits per heavy atom. The van der Waals surface area contributed by atoms with Crippen LogP contribution in [0.3, 0.4) is 0 Å². The number of nitrogens with one attached hydrogen (secondary N) is 1. The van der Waals surface area contributed by atoms with Gasteiger partial charge in [-0.3, -0.25) is 4.98 Å². The van der Waals surface area contributed by atoms with Crippen LogP contribution in [0.1, 0.15) is 57.5 Å². The Morgan fingerprint density at radius 2 is 1.71 bits per heavy atom. The van der Waals surface area contributed by atoms with Gasteiger partial charge in [0.1, 0.15) is 17.6 Å². The maximum Gasteiger partial charge on any atom is 0.434 e. The van der Waals surface area contributed by atoms with Crippen LogP contribution >= 0.6 is 0 Å². The van der Waals surface area contributed by atoms with Gasteiger partial charge in [0.15, 0.2) is 11.5 Å². The summed E-state index contributed by atoms with van der Waals surface area (Å²) in [7, 11) is 0. The molecule has 0 bridgehead atoms. The van der Waals surface area contributed by atoms with Crippen LogP contribution in [0.4, 0.5) is 32.3 Å². The first kappa shape index (κ1) is 23.1. The lowest BCUT2D eigenvalue weighted by Gasteiger charge is -2.20. The monoisotopic (exact) mass is 448 g/mol. The van der Waals surface area contributed by atoms with Gasteiger partial charge < -0.3 is 5.32 Å². The van der Waals surface area contributed by atoms with Crippen molar-refractivity contribution in [3.05, 3.63) is 23.9 Å². The largest absolute Gasteiger partial charge is 0.434 e. The van der Waals surface area contributed by atoms with Crippen molar-refractivity contribution in [2.24, 2.45) is 5.41 Å². The average Bonchev–Trinajstić information content (AvgIpc) is 3.49. The molecule has 0 spiro atoms. The van der Waals surface area contributed by atoms with Gasteiger partial charge in [-0.05, 0) is 31.1 Å². The molecule has 6 nitrogen and oxygen atoms in total. The lowest BCUT2D eigenvalue weighted by atomic mass is 9.97. The number of rotatable bonds is 8. The summed E-state index contributed by atoms with van der Waals surface area (Å²) >= 11 is 0. The Kier molecular flexibility index (Phi) is 6.38. The van der Waals surface area contributed by atoms with Crippen molar-refractivity contribution >= 4 is 5.95 Å². The smallest absolute Gasteiger partial charge is 0.342 e. The molecule has 12 heteroatoms. The Bertz CT molecular complexity index is 909. The third-order valence-corrected chi connectivity index (χ3v) is 5.53. The van der Waals surface area contributed by atoms with E-state index in [1.807, 2.05) is 0 Å². The van der Waals surface area contributed by atoms with E-state index < -0.39 is 24.1 Å². The standard InChI is InChI=1S/C19H22F6N6/c1-3-12(18(20,21)22)28-16-30-14(5-6-17(4-2)7-8-17)29-15(31-16)11-9-26-10-13(27-11)19(23,24)25/h9-10,12H,3-8H2,1-2H3,(H,28,29,30,31)/t12-/m0/s1. The molecule has 0 aliphatic heterocycles. The number of aryl methyl sites for hydroxylation is 1. The van der Waals surface area contributed by atoms with Gasteiger partial charge in [0, 0.05) is 6.42 Å². The topological polar surface area (TPSA) is 76.5 Å². The highest BCUT2D eigenvalue weighted by molar-refractivity contribution is 5.50. The molecule has 0 radical (unpaired) electrons. The Hall–Kier alpha value is -2.53. The molecule has 170 valence electrons. The molecule has 1 saturated carbocycles. The van der Waals surface area contributed by atoms with Crippen LogP contribution in [0.25, 0.3) is 11.5 Å². The van der Waals surface area contributed by atoms with Crippen LogP contribution in [0.15, 0.2) is 12.4 Å². The van der Waals surface area contributed by atoms with Crippen LogP contribution in [0.2, 0.25) is 0 Å². The number of nitrogens with zero attached hydrogens (tertiary/aromatic N) is 5. The molecule has 1 aliphatic carbocycles. The third kappa shape index (κ3) is 5.79. The lowest BCUT2D eigenvalue weighted by Crippen LogP contribution is -2.36. The summed E-state index contributed by atoms with van der Waals surface area (Å²) in [6.45, 7) is 3.41. The second kappa shape index (κ2) is 8.54. The fourth-order valence-electron chi connectivity index (χ4n) is 3.23. The van der Waals surface area contributed by atoms with Crippen molar-refractivity contribution in [3.63, 3.8) is 0 Å². The van der Waals surface area contributed by atoms with Crippen molar-refractivity contribution in [3.8, 4) is 11.5 Å². The fourth-order valence-corrected chi connectivity index (χ4v) is 3.23. The van der Waals surface area contributed by atoms with Gasteiger partial charge in [0.05, 0.1) is 12.4 Å². The van der Waals surface area contributed by atoms with Gasteiger partial charge in [0.25, 0.3) is 0 Å². The van der Waals surface area contributed by atoms with Crippen LogP contribution in [0.5, 0.6) is 0 Å². The van der Waals surface area contributed by atoms with Crippen molar-refractivity contribution in [1.82, 2.24) is 24.9 Å². The van der Waals surface area contributed by atoms with E-state index in [0.717, 1.165) is 31.9 Å². The Balaban J connectivity index is 1.96. The molecule has 2 aromatic rings. The zero-order valence-electron chi connectivity index (χ0n) is 17.0. The Labute approximate surface area is 175 Å². The molecule has 31 heavy (non-hydrogen) atoms. The molecule has 1 N–H and O–H groups in total. The summed E-state index contributed by atoms with van der Waals surface area (Å²) in [5, 5.41) is 2.23. The van der Waals surface area contributed by atoms with E-state index in [-0.39, 0.29) is 35.1 Å². The first-order valence-corrected chi connectivity index (χ1v) is 9.93. The normalized spacial score (nSPS) is 16.8. The maximum atomic E-state index is 13.2. The van der Waals surface area contributed by atoms with E-state index in [4.69, 9.17) is 0 Å². The zero-order valence-corrected chi connectivity index (χ0v) is 17.0. The lowest BCUT2D eigenvalue weighted by molar-refractivity contribution is -0.143. The summed E-state index contributed by atoms with van der Waals surface area (Å²) < 4.78 is 78.6. The van der Waals surface area contributed by atoms with E-state index in [1.54, 1.807) is 0 Å². The molecule has 1 atom stereocenters. The molecule has 0 amide bonds. The molecule has 0 saturated heterocycles. The average molecular weight is 448 g/mol. The van der Waals surface area contributed by atoms with Crippen molar-refractivity contribution in [1.29, 1.82) is 0 Å². The van der Waals surface area contributed by atoms with Crippen LogP contribution < -0.4 is 5.32 Å². The minimum atomic E-state index is -4.73. The molecular formula is C19H22F6N6. The predicted octanol–water partition coefficient (Wildman–Crippen LogP) is 5.22. The summed E-state index contributed by atoms with van der Waals surface area (Å²) in [6.07, 6.45) is -3.79. The first-order chi connectivity index (χ1) is 14.5. The molecule has 0 unspecified atom stereocenters. The summed E-state index contributed by atoms with van der Waals surface area (Å²) in [6, 6.07) is -1.91. The van der Waals surface area contributed by atoms with Crippen LogP contribution in [0, 0.1) is 5.41 Å². The Morgan fingerprint density at radius 1 is 1.00 bits per heavy atom. The minimum absolute atomic E-state index is 0.175. The molecule has 2 heterocycles. The number of halogens is 6. The molecule has 0 aromatic carbocycles. The summed E-state index contributed by atoms with van der Waals surface area (Å²) in [5.41, 5.74) is -1.36. The number of hydrogen-bond donors (Lipinski definition) is 1.